The van der Waals surface area contributed by atoms with E-state index >= 15 is 0 Å². The van der Waals surface area contributed by atoms with E-state index in [4.69, 9.17) is 4.74 Å². The lowest BCUT2D eigenvalue weighted by molar-refractivity contribution is 0.0318. The molecule has 1 fully saturated rings. The van der Waals surface area contributed by atoms with Crippen molar-refractivity contribution in [3.63, 3.8) is 0 Å². The highest BCUT2D eigenvalue weighted by atomic mass is 16.5. The van der Waals surface area contributed by atoms with Crippen LogP contribution in [-0.2, 0) is 4.74 Å². The van der Waals surface area contributed by atoms with Crippen LogP contribution in [0.1, 0.15) is 29.6 Å². The fraction of sp³-hybridized carbons (Fsp3) is 0.533. The van der Waals surface area contributed by atoms with Crippen LogP contribution in [0, 0.1) is 0 Å². The van der Waals surface area contributed by atoms with E-state index < -0.39 is 0 Å². The van der Waals surface area contributed by atoms with Crippen LogP contribution in [0.25, 0.3) is 0 Å². The lowest BCUT2D eigenvalue weighted by atomic mass is 10.1. The highest BCUT2D eigenvalue weighted by molar-refractivity contribution is 5.96. The lowest BCUT2D eigenvalue weighted by Crippen LogP contribution is -2.33. The van der Waals surface area contributed by atoms with Gasteiger partial charge in [0, 0.05) is 19.2 Å². The Morgan fingerprint density at radius 2 is 2.10 bits per heavy atom. The quantitative estimate of drug-likeness (QED) is 0.587. The summed E-state index contributed by atoms with van der Waals surface area (Å²) in [4.78, 5) is 11.8. The van der Waals surface area contributed by atoms with Gasteiger partial charge in [0.25, 0.3) is 5.91 Å². The minimum Gasteiger partial charge on any atom is -0.508 e. The Kier molecular flexibility index (Phi) is 5.83. The Morgan fingerprint density at radius 1 is 1.33 bits per heavy atom. The largest absolute Gasteiger partial charge is 0.508 e. The van der Waals surface area contributed by atoms with E-state index in [0.717, 1.165) is 38.4 Å². The summed E-state index contributed by atoms with van der Waals surface area (Å²) in [5.41, 5.74) is 0.159. The van der Waals surface area contributed by atoms with Gasteiger partial charge in [-0.2, -0.15) is 0 Å². The van der Waals surface area contributed by atoms with Gasteiger partial charge in [-0.25, -0.2) is 0 Å². The first-order valence-electron chi connectivity index (χ1n) is 7.29. The molecule has 116 valence electrons. The molecule has 1 aromatic carbocycles. The molecule has 1 amide bonds. The van der Waals surface area contributed by atoms with Gasteiger partial charge >= 0.3 is 0 Å². The number of hydrogen-bond acceptors (Lipinski definition) is 5. The molecule has 0 aliphatic carbocycles. The van der Waals surface area contributed by atoms with Crippen molar-refractivity contribution >= 4 is 5.91 Å². The van der Waals surface area contributed by atoms with Crippen molar-refractivity contribution < 1.29 is 19.7 Å². The van der Waals surface area contributed by atoms with E-state index in [1.165, 1.54) is 12.1 Å². The number of benzene rings is 1. The highest BCUT2D eigenvalue weighted by Crippen LogP contribution is 2.22. The van der Waals surface area contributed by atoms with Crippen molar-refractivity contribution in [2.24, 2.45) is 0 Å². The molecule has 6 heteroatoms. The molecule has 4 N–H and O–H groups in total. The molecule has 1 aromatic rings. The van der Waals surface area contributed by atoms with E-state index in [1.54, 1.807) is 0 Å². The Hall–Kier alpha value is -1.79. The van der Waals surface area contributed by atoms with Crippen LogP contribution in [0.4, 0.5) is 0 Å². The van der Waals surface area contributed by atoms with Crippen LogP contribution < -0.4 is 10.6 Å². The predicted octanol–water partition coefficient (Wildman–Crippen LogP) is 0.986. The molecule has 2 rings (SSSR count). The lowest BCUT2D eigenvalue weighted by Gasteiger charge is -2.22. The predicted molar refractivity (Wildman–Crippen MR) is 78.6 cm³/mol. The number of nitrogens with one attached hydrogen (secondary N) is 2. The van der Waals surface area contributed by atoms with Crippen molar-refractivity contribution in [3.8, 4) is 11.5 Å². The molecular formula is C15H22N2O4. The van der Waals surface area contributed by atoms with Crippen molar-refractivity contribution in [3.05, 3.63) is 23.8 Å². The van der Waals surface area contributed by atoms with E-state index in [2.05, 4.69) is 10.6 Å². The maximum atomic E-state index is 11.8. The minimum atomic E-state index is -0.352. The second-order valence-electron chi connectivity index (χ2n) is 5.13. The molecule has 1 saturated heterocycles. The Balaban J connectivity index is 1.64. The van der Waals surface area contributed by atoms with E-state index in [9.17, 15) is 15.0 Å². The Labute approximate surface area is 124 Å². The zero-order valence-electron chi connectivity index (χ0n) is 12.0. The highest BCUT2D eigenvalue weighted by Gasteiger charge is 2.13. The van der Waals surface area contributed by atoms with Gasteiger partial charge in [-0.05, 0) is 44.5 Å². The van der Waals surface area contributed by atoms with E-state index in [-0.39, 0.29) is 23.0 Å². The van der Waals surface area contributed by atoms with Crippen LogP contribution in [-0.4, -0.2) is 48.5 Å². The Morgan fingerprint density at radius 3 is 2.81 bits per heavy atom. The van der Waals surface area contributed by atoms with Gasteiger partial charge in [0.1, 0.15) is 11.5 Å². The monoisotopic (exact) mass is 294 g/mol. The first kappa shape index (κ1) is 15.6. The molecule has 6 nitrogen and oxygen atoms in total. The normalized spacial score (nSPS) is 15.8. The molecule has 0 radical (unpaired) electrons. The van der Waals surface area contributed by atoms with Crippen LogP contribution in [0.15, 0.2) is 18.2 Å². The number of carbonyl (C=O) groups excluding carboxylic acids is 1. The molecule has 1 aliphatic rings. The van der Waals surface area contributed by atoms with Crippen LogP contribution in [0.2, 0.25) is 0 Å². The number of phenols is 2. The molecule has 1 aliphatic heterocycles. The summed E-state index contributed by atoms with van der Waals surface area (Å²) in [6.45, 7) is 3.11. The zero-order chi connectivity index (χ0) is 15.1. The number of rotatable bonds is 6. The van der Waals surface area contributed by atoms with Crippen molar-refractivity contribution in [2.45, 2.75) is 25.4 Å². The van der Waals surface area contributed by atoms with E-state index in [1.807, 2.05) is 0 Å². The standard InChI is InChI=1S/C15H22N2O4/c18-11-2-3-13(14(19)10-11)15(20)17-6-1-9-21-12-4-7-16-8-5-12/h2-3,10,12,16,18-19H,1,4-9H2,(H,17,20). The average Bonchev–Trinajstić information content (AvgIpc) is 2.47. The summed E-state index contributed by atoms with van der Waals surface area (Å²) in [5.74, 6) is -0.646. The van der Waals surface area contributed by atoms with Gasteiger partial charge in [-0.3, -0.25) is 4.79 Å². The summed E-state index contributed by atoms with van der Waals surface area (Å²) in [6.07, 6.45) is 3.12. The van der Waals surface area contributed by atoms with Crippen molar-refractivity contribution in [1.29, 1.82) is 0 Å². The van der Waals surface area contributed by atoms with Crippen LogP contribution in [0.5, 0.6) is 11.5 Å². The molecule has 0 aromatic heterocycles. The SMILES string of the molecule is O=C(NCCCOC1CCNCC1)c1ccc(O)cc1O. The third-order valence-corrected chi connectivity index (χ3v) is 3.47. The molecule has 0 atom stereocenters. The number of phenolic OH excluding ortho intramolecular Hbond substituents is 2. The fourth-order valence-corrected chi connectivity index (χ4v) is 2.29. The zero-order valence-corrected chi connectivity index (χ0v) is 12.0. The summed E-state index contributed by atoms with van der Waals surface area (Å²) in [5, 5.41) is 24.8. The second kappa shape index (κ2) is 7.85. The molecule has 21 heavy (non-hydrogen) atoms. The van der Waals surface area contributed by atoms with E-state index in [0.29, 0.717) is 19.3 Å². The van der Waals surface area contributed by atoms with Crippen molar-refractivity contribution in [2.75, 3.05) is 26.2 Å². The fourth-order valence-electron chi connectivity index (χ4n) is 2.29. The van der Waals surface area contributed by atoms with Gasteiger partial charge < -0.3 is 25.6 Å². The van der Waals surface area contributed by atoms with Gasteiger partial charge in [0.2, 0.25) is 0 Å². The third-order valence-electron chi connectivity index (χ3n) is 3.47. The average molecular weight is 294 g/mol. The first-order valence-corrected chi connectivity index (χ1v) is 7.29. The summed E-state index contributed by atoms with van der Waals surface area (Å²) in [6, 6.07) is 3.91. The van der Waals surface area contributed by atoms with Crippen LogP contribution in [0.3, 0.4) is 0 Å². The molecule has 0 saturated carbocycles. The molecule has 1 heterocycles. The number of hydrogen-bond donors (Lipinski definition) is 4. The first-order chi connectivity index (χ1) is 10.2. The topological polar surface area (TPSA) is 90.8 Å². The van der Waals surface area contributed by atoms with Crippen molar-refractivity contribution in [1.82, 2.24) is 10.6 Å². The molecule has 0 unspecified atom stereocenters. The minimum absolute atomic E-state index is 0.0700. The second-order valence-corrected chi connectivity index (χ2v) is 5.13. The number of carbonyl (C=O) groups is 1. The molecular weight excluding hydrogens is 272 g/mol. The van der Waals surface area contributed by atoms with Gasteiger partial charge in [-0.15, -0.1) is 0 Å². The van der Waals surface area contributed by atoms with Crippen LogP contribution >= 0.6 is 0 Å². The van der Waals surface area contributed by atoms with Gasteiger partial charge in [0.15, 0.2) is 0 Å². The number of ether oxygens (including phenoxy) is 1. The smallest absolute Gasteiger partial charge is 0.255 e. The number of amides is 1. The summed E-state index contributed by atoms with van der Waals surface area (Å²) >= 11 is 0. The summed E-state index contributed by atoms with van der Waals surface area (Å²) < 4.78 is 5.74. The molecule has 0 spiro atoms. The third kappa shape index (κ3) is 4.91. The maximum Gasteiger partial charge on any atom is 0.255 e. The number of aromatic hydroxyl groups is 2. The van der Waals surface area contributed by atoms with Gasteiger partial charge in [0.05, 0.1) is 11.7 Å². The maximum absolute atomic E-state index is 11.8. The summed E-state index contributed by atoms with van der Waals surface area (Å²) in [7, 11) is 0. The Bertz CT molecular complexity index is 473. The number of piperidine rings is 1. The molecule has 0 bridgehead atoms. The van der Waals surface area contributed by atoms with Gasteiger partial charge in [-0.1, -0.05) is 0 Å².